The Morgan fingerprint density at radius 1 is 1.17 bits per heavy atom. The fourth-order valence-corrected chi connectivity index (χ4v) is 3.27. The van der Waals surface area contributed by atoms with Crippen LogP contribution in [0, 0.1) is 5.92 Å². The van der Waals surface area contributed by atoms with Gasteiger partial charge in [0.25, 0.3) is 0 Å². The Labute approximate surface area is 113 Å². The highest BCUT2D eigenvalue weighted by Crippen LogP contribution is 2.34. The summed E-state index contributed by atoms with van der Waals surface area (Å²) >= 11 is 0. The van der Waals surface area contributed by atoms with Gasteiger partial charge < -0.3 is 5.32 Å². The van der Waals surface area contributed by atoms with E-state index in [2.05, 4.69) is 12.2 Å². The Morgan fingerprint density at radius 3 is 2.44 bits per heavy atom. The predicted molar refractivity (Wildman–Crippen MR) is 77.6 cm³/mol. The van der Waals surface area contributed by atoms with Crippen LogP contribution in [0.4, 0.5) is 0 Å². The summed E-state index contributed by atoms with van der Waals surface area (Å²) in [7, 11) is -2.75. The van der Waals surface area contributed by atoms with Crippen molar-refractivity contribution in [3.8, 4) is 0 Å². The van der Waals surface area contributed by atoms with Crippen LogP contribution in [0.5, 0.6) is 0 Å². The molecule has 0 aromatic carbocycles. The van der Waals surface area contributed by atoms with Gasteiger partial charge in [-0.15, -0.1) is 0 Å². The van der Waals surface area contributed by atoms with Crippen molar-refractivity contribution >= 4 is 9.84 Å². The normalized spacial score (nSPS) is 17.9. The van der Waals surface area contributed by atoms with E-state index in [0.717, 1.165) is 31.7 Å². The van der Waals surface area contributed by atoms with Gasteiger partial charge in [-0.2, -0.15) is 0 Å². The second-order valence-corrected chi connectivity index (χ2v) is 7.96. The topological polar surface area (TPSA) is 46.2 Å². The monoisotopic (exact) mass is 275 g/mol. The molecule has 18 heavy (non-hydrogen) atoms. The molecule has 0 amide bonds. The van der Waals surface area contributed by atoms with E-state index in [1.807, 2.05) is 0 Å². The molecule has 1 saturated carbocycles. The molecule has 0 saturated heterocycles. The third-order valence-electron chi connectivity index (χ3n) is 3.76. The van der Waals surface area contributed by atoms with Crippen molar-refractivity contribution in [2.45, 2.75) is 64.8 Å². The molecule has 0 aromatic rings. The number of sulfone groups is 1. The molecule has 0 aliphatic heterocycles. The minimum Gasteiger partial charge on any atom is -0.314 e. The third-order valence-corrected chi connectivity index (χ3v) is 5.55. The van der Waals surface area contributed by atoms with Crippen LogP contribution >= 0.6 is 0 Å². The van der Waals surface area contributed by atoms with Crippen LogP contribution in [-0.2, 0) is 9.84 Å². The Morgan fingerprint density at radius 2 is 1.89 bits per heavy atom. The molecule has 1 aliphatic carbocycles. The van der Waals surface area contributed by atoms with Crippen molar-refractivity contribution in [1.82, 2.24) is 5.32 Å². The molecule has 3 nitrogen and oxygen atoms in total. The van der Waals surface area contributed by atoms with Crippen LogP contribution in [0.1, 0.15) is 58.8 Å². The lowest BCUT2D eigenvalue weighted by molar-refractivity contribution is 0.419. The Bertz CT molecular complexity index is 310. The minimum atomic E-state index is -2.75. The van der Waals surface area contributed by atoms with E-state index in [1.54, 1.807) is 6.92 Å². The van der Waals surface area contributed by atoms with Crippen molar-refractivity contribution < 1.29 is 8.42 Å². The van der Waals surface area contributed by atoms with Crippen molar-refractivity contribution in [2.24, 2.45) is 5.92 Å². The maximum atomic E-state index is 11.3. The molecule has 0 radical (unpaired) electrons. The summed E-state index contributed by atoms with van der Waals surface area (Å²) in [6, 6.07) is 0.688. The van der Waals surface area contributed by atoms with Gasteiger partial charge in [0.15, 0.2) is 0 Å². The van der Waals surface area contributed by atoms with Gasteiger partial charge in [-0.25, -0.2) is 8.42 Å². The van der Waals surface area contributed by atoms with Gasteiger partial charge in [0, 0.05) is 11.8 Å². The number of nitrogens with one attached hydrogen (secondary N) is 1. The Hall–Kier alpha value is -0.0900. The van der Waals surface area contributed by atoms with E-state index in [9.17, 15) is 8.42 Å². The first-order chi connectivity index (χ1) is 8.59. The molecular formula is C14H29NO2S. The van der Waals surface area contributed by atoms with Crippen LogP contribution in [0.3, 0.4) is 0 Å². The van der Waals surface area contributed by atoms with Crippen molar-refractivity contribution in [2.75, 3.05) is 18.1 Å². The summed E-state index contributed by atoms with van der Waals surface area (Å²) in [5.41, 5.74) is 0. The molecule has 1 aliphatic rings. The van der Waals surface area contributed by atoms with E-state index < -0.39 is 9.84 Å². The molecule has 1 fully saturated rings. The number of unbranched alkanes of at least 4 members (excludes halogenated alkanes) is 2. The van der Waals surface area contributed by atoms with Crippen LogP contribution in [-0.4, -0.2) is 32.5 Å². The molecule has 1 rings (SSSR count). The summed E-state index contributed by atoms with van der Waals surface area (Å²) in [4.78, 5) is 0. The summed E-state index contributed by atoms with van der Waals surface area (Å²) in [6.45, 7) is 5.05. The average molecular weight is 275 g/mol. The van der Waals surface area contributed by atoms with Crippen molar-refractivity contribution in [1.29, 1.82) is 0 Å². The van der Waals surface area contributed by atoms with Gasteiger partial charge in [-0.05, 0) is 44.6 Å². The second-order valence-electron chi connectivity index (χ2n) is 5.48. The molecule has 108 valence electrons. The van der Waals surface area contributed by atoms with Crippen molar-refractivity contribution in [3.05, 3.63) is 0 Å². The second kappa shape index (κ2) is 8.16. The zero-order chi connectivity index (χ0) is 13.4. The molecular weight excluding hydrogens is 246 g/mol. The molecule has 0 bridgehead atoms. The molecule has 0 heterocycles. The SMILES string of the molecule is CCCNC(CCCCCS(=O)(=O)CC)C1CC1. The summed E-state index contributed by atoms with van der Waals surface area (Å²) < 4.78 is 22.7. The molecule has 1 unspecified atom stereocenters. The Kier molecular flexibility index (Phi) is 7.23. The number of hydrogen-bond donors (Lipinski definition) is 1. The Balaban J connectivity index is 2.08. The van der Waals surface area contributed by atoms with E-state index in [-0.39, 0.29) is 5.75 Å². The molecule has 1 N–H and O–H groups in total. The van der Waals surface area contributed by atoms with Crippen LogP contribution in [0.2, 0.25) is 0 Å². The molecule has 0 spiro atoms. The lowest BCUT2D eigenvalue weighted by Crippen LogP contribution is -2.31. The van der Waals surface area contributed by atoms with Crippen LogP contribution < -0.4 is 5.32 Å². The highest BCUT2D eigenvalue weighted by Gasteiger charge is 2.29. The fraction of sp³-hybridized carbons (Fsp3) is 1.00. The standard InChI is InChI=1S/C14H29NO2S/c1-3-11-15-14(13-9-10-13)8-6-5-7-12-18(16,17)4-2/h13-15H,3-12H2,1-2H3. The zero-order valence-electron chi connectivity index (χ0n) is 12.0. The van der Waals surface area contributed by atoms with Crippen LogP contribution in [0.15, 0.2) is 0 Å². The molecule has 4 heteroatoms. The maximum Gasteiger partial charge on any atom is 0.150 e. The van der Waals surface area contributed by atoms with Gasteiger partial charge >= 0.3 is 0 Å². The summed E-state index contributed by atoms with van der Waals surface area (Å²) in [6.07, 6.45) is 8.22. The zero-order valence-corrected chi connectivity index (χ0v) is 12.8. The van der Waals surface area contributed by atoms with Gasteiger partial charge in [0.05, 0.1) is 5.75 Å². The first-order valence-corrected chi connectivity index (χ1v) is 9.35. The smallest absolute Gasteiger partial charge is 0.150 e. The van der Waals surface area contributed by atoms with Gasteiger partial charge in [-0.1, -0.05) is 26.7 Å². The maximum absolute atomic E-state index is 11.3. The molecule has 1 atom stereocenters. The largest absolute Gasteiger partial charge is 0.314 e. The molecule has 0 aromatic heterocycles. The first kappa shape index (κ1) is 16.0. The highest BCUT2D eigenvalue weighted by molar-refractivity contribution is 7.91. The summed E-state index contributed by atoms with van der Waals surface area (Å²) in [5.74, 6) is 1.56. The highest BCUT2D eigenvalue weighted by atomic mass is 32.2. The van der Waals surface area contributed by atoms with Gasteiger partial charge in [0.2, 0.25) is 0 Å². The van der Waals surface area contributed by atoms with Gasteiger partial charge in [-0.3, -0.25) is 0 Å². The van der Waals surface area contributed by atoms with E-state index in [1.165, 1.54) is 25.7 Å². The van der Waals surface area contributed by atoms with E-state index in [4.69, 9.17) is 0 Å². The first-order valence-electron chi connectivity index (χ1n) is 7.53. The van der Waals surface area contributed by atoms with Gasteiger partial charge in [0.1, 0.15) is 9.84 Å². The van der Waals surface area contributed by atoms with E-state index >= 15 is 0 Å². The fourth-order valence-electron chi connectivity index (χ4n) is 2.34. The van der Waals surface area contributed by atoms with E-state index in [0.29, 0.717) is 11.8 Å². The lowest BCUT2D eigenvalue weighted by atomic mass is 10.0. The minimum absolute atomic E-state index is 0.287. The average Bonchev–Trinajstić information content (AvgIpc) is 3.17. The van der Waals surface area contributed by atoms with Crippen molar-refractivity contribution in [3.63, 3.8) is 0 Å². The third kappa shape index (κ3) is 6.74. The lowest BCUT2D eigenvalue weighted by Gasteiger charge is -2.17. The quantitative estimate of drug-likeness (QED) is 0.590. The number of hydrogen-bond acceptors (Lipinski definition) is 3. The van der Waals surface area contributed by atoms with Crippen LogP contribution in [0.25, 0.3) is 0 Å². The summed E-state index contributed by atoms with van der Waals surface area (Å²) in [5, 5.41) is 3.63. The predicted octanol–water partition coefficient (Wildman–Crippen LogP) is 2.76. The number of rotatable bonds is 11.